The number of aromatic amines is 1. The van der Waals surface area contributed by atoms with Gasteiger partial charge in [0.1, 0.15) is 4.88 Å². The van der Waals surface area contributed by atoms with Crippen molar-refractivity contribution in [2.45, 2.75) is 26.7 Å². The molecule has 3 rings (SSSR count). The number of fused-ring (bicyclic) bond motifs is 1. The van der Waals surface area contributed by atoms with Gasteiger partial charge in [-0.3, -0.25) is 0 Å². The Hall–Kier alpha value is -1.75. The summed E-state index contributed by atoms with van der Waals surface area (Å²) in [4.78, 5) is 9.03. The van der Waals surface area contributed by atoms with Gasteiger partial charge in [-0.15, -0.1) is 5.10 Å². The van der Waals surface area contributed by atoms with Crippen LogP contribution in [-0.2, 0) is 12.8 Å². The molecule has 92 valence electrons. The SMILES string of the molecule is CCc1ccc2nc(-c3snnc3CC)[nH]c2c1. The van der Waals surface area contributed by atoms with Crippen molar-refractivity contribution in [1.82, 2.24) is 19.6 Å². The lowest BCUT2D eigenvalue weighted by Crippen LogP contribution is -1.85. The van der Waals surface area contributed by atoms with E-state index in [2.05, 4.69) is 51.6 Å². The summed E-state index contributed by atoms with van der Waals surface area (Å²) in [6, 6.07) is 6.35. The predicted molar refractivity (Wildman–Crippen MR) is 73.8 cm³/mol. The molecule has 0 fully saturated rings. The Kier molecular flexibility index (Phi) is 2.83. The summed E-state index contributed by atoms with van der Waals surface area (Å²) < 4.78 is 4.00. The van der Waals surface area contributed by atoms with Crippen LogP contribution in [0.2, 0.25) is 0 Å². The fraction of sp³-hybridized carbons (Fsp3) is 0.308. The highest BCUT2D eigenvalue weighted by Gasteiger charge is 2.12. The minimum absolute atomic E-state index is 0.878. The first kappa shape index (κ1) is 11.3. The van der Waals surface area contributed by atoms with Gasteiger partial charge in [0.25, 0.3) is 0 Å². The monoisotopic (exact) mass is 258 g/mol. The molecule has 5 heteroatoms. The van der Waals surface area contributed by atoms with E-state index in [1.54, 1.807) is 0 Å². The number of H-pyrrole nitrogens is 1. The van der Waals surface area contributed by atoms with E-state index in [0.29, 0.717) is 0 Å². The summed E-state index contributed by atoms with van der Waals surface area (Å²) >= 11 is 1.40. The summed E-state index contributed by atoms with van der Waals surface area (Å²) in [5.74, 6) is 0.880. The number of hydrogen-bond donors (Lipinski definition) is 1. The van der Waals surface area contributed by atoms with E-state index in [9.17, 15) is 0 Å². The maximum absolute atomic E-state index is 4.61. The van der Waals surface area contributed by atoms with Gasteiger partial charge in [-0.25, -0.2) is 4.98 Å². The number of aryl methyl sites for hydroxylation is 2. The lowest BCUT2D eigenvalue weighted by atomic mass is 10.1. The summed E-state index contributed by atoms with van der Waals surface area (Å²) in [5.41, 5.74) is 4.41. The average Bonchev–Trinajstić information content (AvgIpc) is 3.03. The second-order valence-electron chi connectivity index (χ2n) is 4.19. The van der Waals surface area contributed by atoms with Crippen LogP contribution in [0.4, 0.5) is 0 Å². The zero-order valence-corrected chi connectivity index (χ0v) is 11.2. The first-order chi connectivity index (χ1) is 8.81. The molecule has 0 saturated carbocycles. The minimum Gasteiger partial charge on any atom is -0.337 e. The third-order valence-corrected chi connectivity index (χ3v) is 3.84. The van der Waals surface area contributed by atoms with Crippen molar-refractivity contribution in [3.63, 3.8) is 0 Å². The second-order valence-corrected chi connectivity index (χ2v) is 4.95. The Labute approximate surface area is 109 Å². The Morgan fingerprint density at radius 1 is 1.22 bits per heavy atom. The van der Waals surface area contributed by atoms with E-state index in [1.807, 2.05) is 0 Å². The Balaban J connectivity index is 2.13. The Morgan fingerprint density at radius 2 is 2.11 bits per heavy atom. The minimum atomic E-state index is 0.878. The molecule has 0 saturated heterocycles. The summed E-state index contributed by atoms with van der Waals surface area (Å²) in [7, 11) is 0. The molecule has 4 nitrogen and oxygen atoms in total. The zero-order valence-electron chi connectivity index (χ0n) is 10.4. The van der Waals surface area contributed by atoms with Gasteiger partial charge >= 0.3 is 0 Å². The molecule has 1 N–H and O–H groups in total. The van der Waals surface area contributed by atoms with E-state index >= 15 is 0 Å². The van der Waals surface area contributed by atoms with Crippen molar-refractivity contribution in [3.05, 3.63) is 29.5 Å². The molecular formula is C13H14N4S. The van der Waals surface area contributed by atoms with E-state index in [-0.39, 0.29) is 0 Å². The molecule has 1 aromatic carbocycles. The van der Waals surface area contributed by atoms with Crippen LogP contribution >= 0.6 is 11.5 Å². The topological polar surface area (TPSA) is 54.5 Å². The number of nitrogens with zero attached hydrogens (tertiary/aromatic N) is 3. The van der Waals surface area contributed by atoms with Crippen LogP contribution < -0.4 is 0 Å². The van der Waals surface area contributed by atoms with Crippen molar-refractivity contribution >= 4 is 22.6 Å². The molecule has 0 aliphatic heterocycles. The van der Waals surface area contributed by atoms with Crippen LogP contribution in [0.3, 0.4) is 0 Å². The molecule has 2 aromatic heterocycles. The van der Waals surface area contributed by atoms with Gasteiger partial charge in [0, 0.05) is 0 Å². The third kappa shape index (κ3) is 1.80. The van der Waals surface area contributed by atoms with Crippen molar-refractivity contribution < 1.29 is 0 Å². The Bertz CT molecular complexity index is 683. The van der Waals surface area contributed by atoms with E-state index < -0.39 is 0 Å². The first-order valence-corrected chi connectivity index (χ1v) is 6.89. The third-order valence-electron chi connectivity index (χ3n) is 3.06. The quantitative estimate of drug-likeness (QED) is 0.785. The van der Waals surface area contributed by atoms with E-state index in [4.69, 9.17) is 0 Å². The molecule has 0 aliphatic carbocycles. The lowest BCUT2D eigenvalue weighted by molar-refractivity contribution is 0.990. The van der Waals surface area contributed by atoms with Gasteiger partial charge in [0.15, 0.2) is 5.82 Å². The molecule has 0 unspecified atom stereocenters. The van der Waals surface area contributed by atoms with Crippen LogP contribution in [-0.4, -0.2) is 19.6 Å². The largest absolute Gasteiger partial charge is 0.337 e. The number of nitrogens with one attached hydrogen (secondary N) is 1. The standard InChI is InChI=1S/C13H14N4S/c1-3-8-5-6-10-11(7-8)15-13(14-10)12-9(4-2)16-17-18-12/h5-7H,3-4H2,1-2H3,(H,14,15). The van der Waals surface area contributed by atoms with E-state index in [1.165, 1.54) is 17.1 Å². The van der Waals surface area contributed by atoms with Gasteiger partial charge in [-0.1, -0.05) is 24.4 Å². The van der Waals surface area contributed by atoms with Crippen LogP contribution in [0.1, 0.15) is 25.1 Å². The van der Waals surface area contributed by atoms with Gasteiger partial charge < -0.3 is 4.98 Å². The van der Waals surface area contributed by atoms with Crippen LogP contribution in [0.25, 0.3) is 21.7 Å². The second kappa shape index (κ2) is 4.49. The number of imidazole rings is 1. The summed E-state index contributed by atoms with van der Waals surface area (Å²) in [6.07, 6.45) is 1.91. The molecule has 2 heterocycles. The maximum atomic E-state index is 4.61. The normalized spacial score (nSPS) is 11.2. The van der Waals surface area contributed by atoms with Gasteiger partial charge in [0.05, 0.1) is 16.7 Å². The fourth-order valence-electron chi connectivity index (χ4n) is 2.00. The summed E-state index contributed by atoms with van der Waals surface area (Å²) in [5, 5.41) is 4.12. The molecule has 0 amide bonds. The lowest BCUT2D eigenvalue weighted by Gasteiger charge is -1.94. The number of hydrogen-bond acceptors (Lipinski definition) is 4. The number of aromatic nitrogens is 4. The maximum Gasteiger partial charge on any atom is 0.152 e. The molecule has 3 aromatic rings. The zero-order chi connectivity index (χ0) is 12.5. The van der Waals surface area contributed by atoms with E-state index in [0.717, 1.165) is 40.3 Å². The molecular weight excluding hydrogens is 244 g/mol. The van der Waals surface area contributed by atoms with Crippen molar-refractivity contribution in [3.8, 4) is 10.7 Å². The molecule has 0 atom stereocenters. The Morgan fingerprint density at radius 3 is 2.89 bits per heavy atom. The van der Waals surface area contributed by atoms with Crippen molar-refractivity contribution in [1.29, 1.82) is 0 Å². The number of benzene rings is 1. The fourth-order valence-corrected chi connectivity index (χ4v) is 2.70. The number of rotatable bonds is 3. The van der Waals surface area contributed by atoms with Crippen molar-refractivity contribution in [2.24, 2.45) is 0 Å². The van der Waals surface area contributed by atoms with Crippen LogP contribution in [0.5, 0.6) is 0 Å². The van der Waals surface area contributed by atoms with Gasteiger partial charge in [0.2, 0.25) is 0 Å². The van der Waals surface area contributed by atoms with Crippen molar-refractivity contribution in [2.75, 3.05) is 0 Å². The van der Waals surface area contributed by atoms with Gasteiger partial charge in [-0.05, 0) is 42.1 Å². The highest BCUT2D eigenvalue weighted by atomic mass is 32.1. The van der Waals surface area contributed by atoms with Crippen LogP contribution in [0.15, 0.2) is 18.2 Å². The molecule has 0 radical (unpaired) electrons. The molecule has 0 spiro atoms. The summed E-state index contributed by atoms with van der Waals surface area (Å²) in [6.45, 7) is 4.23. The molecule has 0 bridgehead atoms. The predicted octanol–water partition coefficient (Wildman–Crippen LogP) is 3.21. The highest BCUT2D eigenvalue weighted by Crippen LogP contribution is 2.26. The average molecular weight is 258 g/mol. The molecule has 18 heavy (non-hydrogen) atoms. The van der Waals surface area contributed by atoms with Crippen LogP contribution in [0, 0.1) is 0 Å². The van der Waals surface area contributed by atoms with Gasteiger partial charge in [-0.2, -0.15) is 0 Å². The highest BCUT2D eigenvalue weighted by molar-refractivity contribution is 7.09. The smallest absolute Gasteiger partial charge is 0.152 e. The first-order valence-electron chi connectivity index (χ1n) is 6.12. The molecule has 0 aliphatic rings.